The van der Waals surface area contributed by atoms with Gasteiger partial charge in [0, 0.05) is 24.2 Å². The Morgan fingerprint density at radius 2 is 2.14 bits per heavy atom. The van der Waals surface area contributed by atoms with E-state index in [4.69, 9.17) is 9.84 Å². The number of hydrogen-bond donors (Lipinski definition) is 2. The largest absolute Gasteiger partial charge is 0.494 e. The van der Waals surface area contributed by atoms with E-state index in [1.54, 1.807) is 12.3 Å². The van der Waals surface area contributed by atoms with Crippen LogP contribution in [0, 0.1) is 11.6 Å². The van der Waals surface area contributed by atoms with Crippen LogP contribution < -0.4 is 10.1 Å². The van der Waals surface area contributed by atoms with Crippen LogP contribution in [0.3, 0.4) is 0 Å². The Kier molecular flexibility index (Phi) is 8.95. The fraction of sp³-hybridized carbons (Fsp3) is 0.429. The molecular formula is C21H26F2N2O4. The standard InChI is InChI=1S/C14H20N2O3.C7H6F2O/c1-10-4-5-13(19-10)14(18)16-12-6-7-15-11(9-12)3-2-8-17;1-10-6-4-2-3-5(8)7(6)9/h6-7,9-10,13,17H,2-5,8H2,1H3,(H,15,16,18);2-4H,1H3. The van der Waals surface area contributed by atoms with Gasteiger partial charge in [0.1, 0.15) is 6.10 Å². The molecule has 0 radical (unpaired) electrons. The summed E-state index contributed by atoms with van der Waals surface area (Å²) in [6.07, 6.45) is 4.56. The van der Waals surface area contributed by atoms with Gasteiger partial charge in [-0.3, -0.25) is 9.78 Å². The Morgan fingerprint density at radius 1 is 1.34 bits per heavy atom. The average molecular weight is 408 g/mol. The molecule has 2 aromatic rings. The number of anilines is 1. The Balaban J connectivity index is 0.000000253. The van der Waals surface area contributed by atoms with Crippen molar-refractivity contribution in [1.29, 1.82) is 0 Å². The van der Waals surface area contributed by atoms with Gasteiger partial charge < -0.3 is 19.9 Å². The minimum absolute atomic E-state index is 0.0694. The van der Waals surface area contributed by atoms with Gasteiger partial charge in [-0.25, -0.2) is 4.39 Å². The van der Waals surface area contributed by atoms with Crippen molar-refractivity contribution in [2.24, 2.45) is 0 Å². The van der Waals surface area contributed by atoms with E-state index in [-0.39, 0.29) is 30.5 Å². The third-order valence-electron chi connectivity index (χ3n) is 4.34. The number of hydrogen-bond acceptors (Lipinski definition) is 5. The summed E-state index contributed by atoms with van der Waals surface area (Å²) in [4.78, 5) is 16.2. The van der Waals surface area contributed by atoms with E-state index in [2.05, 4.69) is 15.0 Å². The van der Waals surface area contributed by atoms with E-state index in [0.29, 0.717) is 12.8 Å². The molecule has 29 heavy (non-hydrogen) atoms. The Morgan fingerprint density at radius 3 is 2.76 bits per heavy atom. The molecular weight excluding hydrogens is 382 g/mol. The number of ether oxygens (including phenoxy) is 2. The minimum atomic E-state index is -0.940. The Labute approximate surface area is 168 Å². The number of aryl methyl sites for hydroxylation is 1. The zero-order chi connectivity index (χ0) is 21.2. The molecule has 1 aromatic heterocycles. The van der Waals surface area contributed by atoms with Crippen molar-refractivity contribution >= 4 is 11.6 Å². The lowest BCUT2D eigenvalue weighted by atomic mass is 10.2. The summed E-state index contributed by atoms with van der Waals surface area (Å²) in [6, 6.07) is 7.39. The molecule has 3 rings (SSSR count). The first kappa shape index (κ1) is 22.7. The fourth-order valence-electron chi connectivity index (χ4n) is 2.81. The first-order valence-corrected chi connectivity index (χ1v) is 9.44. The molecule has 1 aromatic carbocycles. The topological polar surface area (TPSA) is 80.7 Å². The van der Waals surface area contributed by atoms with Crippen LogP contribution in [0.4, 0.5) is 14.5 Å². The molecule has 0 spiro atoms. The molecule has 0 bridgehead atoms. The molecule has 2 heterocycles. The lowest BCUT2D eigenvalue weighted by Crippen LogP contribution is -2.27. The van der Waals surface area contributed by atoms with E-state index in [1.807, 2.05) is 13.0 Å². The summed E-state index contributed by atoms with van der Waals surface area (Å²) in [5.41, 5.74) is 1.60. The summed E-state index contributed by atoms with van der Waals surface area (Å²) in [7, 11) is 1.29. The number of carbonyl (C=O) groups excluding carboxylic acids is 1. The number of rotatable bonds is 6. The SMILES string of the molecule is CC1CCC(C(=O)Nc2ccnc(CCCO)c2)O1.COc1cccc(F)c1F. The quantitative estimate of drug-likeness (QED) is 0.765. The fourth-order valence-corrected chi connectivity index (χ4v) is 2.81. The van der Waals surface area contributed by atoms with Crippen LogP contribution in [-0.2, 0) is 16.0 Å². The summed E-state index contributed by atoms with van der Waals surface area (Å²) in [5, 5.41) is 11.7. The third-order valence-corrected chi connectivity index (χ3v) is 4.34. The van der Waals surface area contributed by atoms with E-state index in [1.165, 1.54) is 19.2 Å². The molecule has 0 saturated carbocycles. The first-order valence-electron chi connectivity index (χ1n) is 9.44. The van der Waals surface area contributed by atoms with Crippen LogP contribution in [-0.4, -0.2) is 41.9 Å². The molecule has 1 aliphatic heterocycles. The summed E-state index contributed by atoms with van der Waals surface area (Å²) >= 11 is 0. The number of aliphatic hydroxyl groups excluding tert-OH is 1. The highest BCUT2D eigenvalue weighted by atomic mass is 19.2. The van der Waals surface area contributed by atoms with Crippen molar-refractivity contribution in [3.8, 4) is 5.75 Å². The number of pyridine rings is 1. The second-order valence-electron chi connectivity index (χ2n) is 6.62. The maximum absolute atomic E-state index is 12.5. The molecule has 6 nitrogen and oxygen atoms in total. The Bertz CT molecular complexity index is 804. The smallest absolute Gasteiger partial charge is 0.253 e. The second kappa shape index (κ2) is 11.4. The van der Waals surface area contributed by atoms with Crippen LogP contribution in [0.2, 0.25) is 0 Å². The molecule has 2 N–H and O–H groups in total. The van der Waals surface area contributed by atoms with Gasteiger partial charge in [0.25, 0.3) is 5.91 Å². The van der Waals surface area contributed by atoms with Crippen molar-refractivity contribution in [3.05, 3.63) is 53.9 Å². The van der Waals surface area contributed by atoms with Gasteiger partial charge in [0.2, 0.25) is 5.82 Å². The monoisotopic (exact) mass is 408 g/mol. The zero-order valence-electron chi connectivity index (χ0n) is 16.5. The number of amides is 1. The summed E-state index contributed by atoms with van der Waals surface area (Å²) in [5.74, 6) is -1.99. The van der Waals surface area contributed by atoms with Crippen molar-refractivity contribution in [2.45, 2.75) is 44.8 Å². The van der Waals surface area contributed by atoms with E-state index < -0.39 is 11.6 Å². The van der Waals surface area contributed by atoms with E-state index in [9.17, 15) is 13.6 Å². The lowest BCUT2D eigenvalue weighted by Gasteiger charge is -2.12. The molecule has 158 valence electrons. The summed E-state index contributed by atoms with van der Waals surface area (Å²) in [6.45, 7) is 2.12. The van der Waals surface area contributed by atoms with Crippen LogP contribution in [0.25, 0.3) is 0 Å². The highest BCUT2D eigenvalue weighted by Gasteiger charge is 2.28. The van der Waals surface area contributed by atoms with Crippen molar-refractivity contribution in [1.82, 2.24) is 4.98 Å². The first-order chi connectivity index (χ1) is 13.9. The van der Waals surface area contributed by atoms with Crippen molar-refractivity contribution < 1.29 is 28.2 Å². The highest BCUT2D eigenvalue weighted by Crippen LogP contribution is 2.21. The van der Waals surface area contributed by atoms with Gasteiger partial charge in [-0.05, 0) is 56.9 Å². The van der Waals surface area contributed by atoms with Crippen molar-refractivity contribution in [3.63, 3.8) is 0 Å². The summed E-state index contributed by atoms with van der Waals surface area (Å²) < 4.78 is 34.9. The van der Waals surface area contributed by atoms with Gasteiger partial charge in [-0.1, -0.05) is 6.07 Å². The number of aliphatic hydroxyl groups is 1. The minimum Gasteiger partial charge on any atom is -0.494 e. The molecule has 8 heteroatoms. The predicted octanol–water partition coefficient (Wildman–Crippen LogP) is 3.49. The molecule has 2 atom stereocenters. The third kappa shape index (κ3) is 7.07. The number of aromatic nitrogens is 1. The van der Waals surface area contributed by atoms with Gasteiger partial charge in [0.15, 0.2) is 11.6 Å². The molecule has 1 aliphatic rings. The average Bonchev–Trinajstić information content (AvgIpc) is 3.16. The molecule has 1 saturated heterocycles. The van der Waals surface area contributed by atoms with Gasteiger partial charge in [-0.15, -0.1) is 0 Å². The molecule has 1 amide bonds. The van der Waals surface area contributed by atoms with Gasteiger partial charge >= 0.3 is 0 Å². The number of benzene rings is 1. The van der Waals surface area contributed by atoms with Crippen LogP contribution >= 0.6 is 0 Å². The Hall–Kier alpha value is -2.58. The van der Waals surface area contributed by atoms with Gasteiger partial charge in [-0.2, -0.15) is 4.39 Å². The maximum Gasteiger partial charge on any atom is 0.253 e. The van der Waals surface area contributed by atoms with Crippen LogP contribution in [0.1, 0.15) is 31.9 Å². The normalized spacial score (nSPS) is 18.0. The lowest BCUT2D eigenvalue weighted by molar-refractivity contribution is -0.126. The van der Waals surface area contributed by atoms with Crippen molar-refractivity contribution in [2.75, 3.05) is 19.0 Å². The molecule has 2 unspecified atom stereocenters. The maximum atomic E-state index is 12.5. The molecule has 0 aliphatic carbocycles. The van der Waals surface area contributed by atoms with Crippen LogP contribution in [0.5, 0.6) is 5.75 Å². The van der Waals surface area contributed by atoms with Gasteiger partial charge in [0.05, 0.1) is 13.2 Å². The zero-order valence-corrected chi connectivity index (χ0v) is 16.5. The number of methoxy groups -OCH3 is 1. The number of halogens is 2. The number of nitrogens with zero attached hydrogens (tertiary/aromatic N) is 1. The highest BCUT2D eigenvalue weighted by molar-refractivity contribution is 5.94. The number of carbonyl (C=O) groups is 1. The second-order valence-corrected chi connectivity index (χ2v) is 6.62. The van der Waals surface area contributed by atoms with E-state index >= 15 is 0 Å². The van der Waals surface area contributed by atoms with Crippen LogP contribution in [0.15, 0.2) is 36.5 Å². The molecule has 1 fully saturated rings. The predicted molar refractivity (Wildman–Crippen MR) is 105 cm³/mol. The number of nitrogens with one attached hydrogen (secondary N) is 1. The van der Waals surface area contributed by atoms with E-state index in [0.717, 1.165) is 30.3 Å².